The summed E-state index contributed by atoms with van der Waals surface area (Å²) >= 11 is 0. The lowest BCUT2D eigenvalue weighted by molar-refractivity contribution is 0.700. The molecule has 0 aliphatic rings. The molecule has 4 rings (SSSR count). The largest absolute Gasteiger partial charge is 0.350 e. The molecule has 0 unspecified atom stereocenters. The van der Waals surface area contributed by atoms with Gasteiger partial charge in [0.1, 0.15) is 0 Å². The number of rotatable bonds is 3. The second-order valence-corrected chi connectivity index (χ2v) is 5.97. The predicted molar refractivity (Wildman–Crippen MR) is 97.3 cm³/mol. The molecule has 132 valence electrons. The summed E-state index contributed by atoms with van der Waals surface area (Å²) in [5.74, 6) is 0.279. The lowest BCUT2D eigenvalue weighted by Gasteiger charge is -2.05. The standard InChI is InChI=1S/C17H16N6O3/c1-20-13-12(14(24)21(2)17(20)26)22(15-18-19-16(25)23(13)15)10-6-9-11-7-4-3-5-8-11/h3-9H,10H2,1-2H3,(H,19,25)/b9-6+. The normalized spacial score (nSPS) is 11.9. The molecule has 0 atom stereocenters. The summed E-state index contributed by atoms with van der Waals surface area (Å²) in [5.41, 5.74) is 0.00945. The molecule has 0 aliphatic carbocycles. The number of hydrogen-bond acceptors (Lipinski definition) is 4. The van der Waals surface area contributed by atoms with Crippen LogP contribution in [0.1, 0.15) is 5.56 Å². The van der Waals surface area contributed by atoms with Gasteiger partial charge in [-0.3, -0.25) is 18.5 Å². The number of H-pyrrole nitrogens is 1. The molecule has 0 aliphatic heterocycles. The fraction of sp³-hybridized carbons (Fsp3) is 0.176. The van der Waals surface area contributed by atoms with E-state index in [1.54, 1.807) is 4.57 Å². The number of nitrogens with zero attached hydrogens (tertiary/aromatic N) is 5. The third kappa shape index (κ3) is 2.17. The van der Waals surface area contributed by atoms with Gasteiger partial charge < -0.3 is 0 Å². The van der Waals surface area contributed by atoms with E-state index >= 15 is 0 Å². The smallest absolute Gasteiger partial charge is 0.298 e. The fourth-order valence-corrected chi connectivity index (χ4v) is 3.10. The van der Waals surface area contributed by atoms with Crippen molar-refractivity contribution >= 4 is 23.0 Å². The van der Waals surface area contributed by atoms with Crippen LogP contribution in [-0.4, -0.2) is 28.3 Å². The molecule has 1 aromatic carbocycles. The fourth-order valence-electron chi connectivity index (χ4n) is 3.10. The summed E-state index contributed by atoms with van der Waals surface area (Å²) in [6.07, 6.45) is 3.79. The minimum atomic E-state index is -0.505. The number of aromatic amines is 1. The Bertz CT molecular complexity index is 1330. The van der Waals surface area contributed by atoms with Crippen molar-refractivity contribution in [3.05, 3.63) is 73.3 Å². The van der Waals surface area contributed by atoms with E-state index in [0.29, 0.717) is 6.54 Å². The summed E-state index contributed by atoms with van der Waals surface area (Å²) in [6.45, 7) is 0.319. The van der Waals surface area contributed by atoms with Crippen LogP contribution in [0.15, 0.2) is 50.8 Å². The van der Waals surface area contributed by atoms with Crippen molar-refractivity contribution in [3.8, 4) is 0 Å². The molecule has 3 heterocycles. The molecule has 26 heavy (non-hydrogen) atoms. The third-order valence-corrected chi connectivity index (χ3v) is 4.39. The molecule has 0 saturated carbocycles. The van der Waals surface area contributed by atoms with E-state index in [9.17, 15) is 14.4 Å². The summed E-state index contributed by atoms with van der Waals surface area (Å²) in [7, 11) is 2.93. The molecule has 1 N–H and O–H groups in total. The van der Waals surface area contributed by atoms with Crippen LogP contribution in [-0.2, 0) is 20.6 Å². The molecule has 9 heteroatoms. The van der Waals surface area contributed by atoms with Crippen molar-refractivity contribution < 1.29 is 0 Å². The molecule has 0 radical (unpaired) electrons. The molecule has 3 aromatic heterocycles. The quantitative estimate of drug-likeness (QED) is 0.565. The van der Waals surface area contributed by atoms with Gasteiger partial charge in [0.15, 0.2) is 11.2 Å². The average Bonchev–Trinajstić information content (AvgIpc) is 3.18. The summed E-state index contributed by atoms with van der Waals surface area (Å²) in [5, 5.41) is 6.38. The number of hydrogen-bond donors (Lipinski definition) is 1. The number of imidazole rings is 1. The maximum absolute atomic E-state index is 12.7. The van der Waals surface area contributed by atoms with Crippen molar-refractivity contribution in [2.75, 3.05) is 0 Å². The molecular weight excluding hydrogens is 336 g/mol. The van der Waals surface area contributed by atoms with E-state index in [1.165, 1.54) is 23.1 Å². The first kappa shape index (κ1) is 15.9. The lowest BCUT2D eigenvalue weighted by atomic mass is 10.2. The zero-order valence-corrected chi connectivity index (χ0v) is 14.2. The topological polar surface area (TPSA) is 99.1 Å². The average molecular weight is 352 g/mol. The molecule has 4 aromatic rings. The predicted octanol–water partition coefficient (Wildman–Crippen LogP) is 0.0881. The first-order valence-electron chi connectivity index (χ1n) is 7.97. The Balaban J connectivity index is 1.99. The Morgan fingerprint density at radius 3 is 2.54 bits per heavy atom. The van der Waals surface area contributed by atoms with Crippen molar-refractivity contribution in [1.29, 1.82) is 0 Å². The van der Waals surface area contributed by atoms with Gasteiger partial charge in [-0.25, -0.2) is 19.1 Å². The Morgan fingerprint density at radius 2 is 1.81 bits per heavy atom. The van der Waals surface area contributed by atoms with Crippen LogP contribution in [0.4, 0.5) is 0 Å². The minimum absolute atomic E-state index is 0.222. The van der Waals surface area contributed by atoms with Gasteiger partial charge in [-0.2, -0.15) is 0 Å². The number of aryl methyl sites for hydroxylation is 1. The molecule has 0 bridgehead atoms. The molecule has 0 spiro atoms. The van der Waals surface area contributed by atoms with Gasteiger partial charge in [-0.1, -0.05) is 42.5 Å². The highest BCUT2D eigenvalue weighted by Gasteiger charge is 2.21. The van der Waals surface area contributed by atoms with Crippen molar-refractivity contribution in [3.63, 3.8) is 0 Å². The van der Waals surface area contributed by atoms with Crippen molar-refractivity contribution in [2.24, 2.45) is 14.1 Å². The van der Waals surface area contributed by atoms with Gasteiger partial charge in [0.05, 0.1) is 0 Å². The van der Waals surface area contributed by atoms with Crippen LogP contribution in [0.2, 0.25) is 0 Å². The number of nitrogens with one attached hydrogen (secondary N) is 1. The van der Waals surface area contributed by atoms with Gasteiger partial charge in [-0.15, -0.1) is 5.10 Å². The molecule has 0 saturated heterocycles. The van der Waals surface area contributed by atoms with Crippen LogP contribution >= 0.6 is 0 Å². The van der Waals surface area contributed by atoms with Crippen LogP contribution in [0.3, 0.4) is 0 Å². The maximum Gasteiger partial charge on any atom is 0.350 e. The Labute approximate surface area is 146 Å². The van der Waals surface area contributed by atoms with Gasteiger partial charge >= 0.3 is 11.4 Å². The lowest BCUT2D eigenvalue weighted by Crippen LogP contribution is -2.38. The van der Waals surface area contributed by atoms with Crippen LogP contribution in [0.5, 0.6) is 0 Å². The first-order chi connectivity index (χ1) is 12.5. The maximum atomic E-state index is 12.7. The highest BCUT2D eigenvalue weighted by molar-refractivity contribution is 5.76. The zero-order valence-electron chi connectivity index (χ0n) is 14.2. The van der Waals surface area contributed by atoms with Gasteiger partial charge in [-0.05, 0) is 5.56 Å². The molecule has 0 amide bonds. The highest BCUT2D eigenvalue weighted by Crippen LogP contribution is 2.13. The number of benzene rings is 1. The molecule has 0 fully saturated rings. The van der Waals surface area contributed by atoms with Crippen LogP contribution in [0, 0.1) is 0 Å². The molecule has 9 nitrogen and oxygen atoms in total. The minimum Gasteiger partial charge on any atom is -0.298 e. The van der Waals surface area contributed by atoms with E-state index in [0.717, 1.165) is 10.1 Å². The van der Waals surface area contributed by atoms with E-state index in [1.807, 2.05) is 42.5 Å². The highest BCUT2D eigenvalue weighted by atomic mass is 16.2. The monoisotopic (exact) mass is 352 g/mol. The van der Waals surface area contributed by atoms with E-state index in [-0.39, 0.29) is 16.9 Å². The second kappa shape index (κ2) is 5.73. The Kier molecular flexibility index (Phi) is 3.50. The van der Waals surface area contributed by atoms with Crippen molar-refractivity contribution in [2.45, 2.75) is 6.54 Å². The first-order valence-corrected chi connectivity index (χ1v) is 7.97. The number of allylic oxidation sites excluding steroid dienone is 1. The Morgan fingerprint density at radius 1 is 1.08 bits per heavy atom. The van der Waals surface area contributed by atoms with E-state index < -0.39 is 16.9 Å². The van der Waals surface area contributed by atoms with E-state index in [4.69, 9.17) is 0 Å². The third-order valence-electron chi connectivity index (χ3n) is 4.39. The van der Waals surface area contributed by atoms with E-state index in [2.05, 4.69) is 10.2 Å². The Hall–Kier alpha value is -3.62. The van der Waals surface area contributed by atoms with Gasteiger partial charge in [0.2, 0.25) is 5.78 Å². The van der Waals surface area contributed by atoms with Gasteiger partial charge in [0.25, 0.3) is 5.56 Å². The van der Waals surface area contributed by atoms with Crippen LogP contribution in [0.25, 0.3) is 23.0 Å². The zero-order chi connectivity index (χ0) is 18.4. The summed E-state index contributed by atoms with van der Waals surface area (Å²) in [6, 6.07) is 9.72. The number of aromatic nitrogens is 6. The van der Waals surface area contributed by atoms with Gasteiger partial charge in [0, 0.05) is 20.6 Å². The summed E-state index contributed by atoms with van der Waals surface area (Å²) in [4.78, 5) is 37.1. The van der Waals surface area contributed by atoms with Crippen LogP contribution < -0.4 is 16.9 Å². The van der Waals surface area contributed by atoms with Crippen molar-refractivity contribution in [1.82, 2.24) is 28.3 Å². The number of fused-ring (bicyclic) bond motifs is 3. The SMILES string of the molecule is Cn1c(=O)c2c(n(C)c1=O)n1c(=O)[nH]nc1n2C/C=C/c1ccccc1. The molecular formula is C17H16N6O3. The summed E-state index contributed by atoms with van der Waals surface area (Å²) < 4.78 is 5.16. The second-order valence-electron chi connectivity index (χ2n) is 5.97.